The van der Waals surface area contributed by atoms with Gasteiger partial charge in [-0.2, -0.15) is 0 Å². The van der Waals surface area contributed by atoms with Crippen LogP contribution in [0.2, 0.25) is 0 Å². The van der Waals surface area contributed by atoms with Crippen molar-refractivity contribution >= 4 is 38.2 Å². The van der Waals surface area contributed by atoms with Gasteiger partial charge in [0.2, 0.25) is 0 Å². The zero-order chi connectivity index (χ0) is 13.9. The molecule has 0 spiro atoms. The van der Waals surface area contributed by atoms with Crippen LogP contribution in [0.3, 0.4) is 0 Å². The highest BCUT2D eigenvalue weighted by molar-refractivity contribution is 9.10. The molecule has 2 aromatic heterocycles. The van der Waals surface area contributed by atoms with Crippen LogP contribution >= 0.6 is 27.3 Å². The van der Waals surface area contributed by atoms with Crippen LogP contribution in [0.5, 0.6) is 0 Å². The summed E-state index contributed by atoms with van der Waals surface area (Å²) in [5.74, 6) is 0.812. The number of halogens is 1. The van der Waals surface area contributed by atoms with Gasteiger partial charge in [-0.15, -0.1) is 11.3 Å². The number of hydrogen-bond acceptors (Lipinski definition) is 4. The lowest BCUT2D eigenvalue weighted by molar-refractivity contribution is 1.25. The van der Waals surface area contributed by atoms with Gasteiger partial charge in [0.1, 0.15) is 5.82 Å². The second kappa shape index (κ2) is 5.73. The van der Waals surface area contributed by atoms with E-state index in [1.54, 1.807) is 11.3 Å². The van der Waals surface area contributed by atoms with E-state index < -0.39 is 0 Å². The Hall–Kier alpha value is -1.72. The molecule has 0 fully saturated rings. The second-order valence-electron chi connectivity index (χ2n) is 4.39. The van der Waals surface area contributed by atoms with E-state index >= 15 is 0 Å². The van der Waals surface area contributed by atoms with Crippen LogP contribution in [-0.2, 0) is 0 Å². The van der Waals surface area contributed by atoms with Gasteiger partial charge in [0.25, 0.3) is 0 Å². The van der Waals surface area contributed by atoms with E-state index in [1.165, 1.54) is 0 Å². The van der Waals surface area contributed by atoms with Crippen LogP contribution in [-0.4, -0.2) is 9.97 Å². The van der Waals surface area contributed by atoms with E-state index in [1.807, 2.05) is 54.9 Å². The maximum Gasteiger partial charge on any atom is 0.188 e. The summed E-state index contributed by atoms with van der Waals surface area (Å²) in [5, 5.41) is 6.11. The summed E-state index contributed by atoms with van der Waals surface area (Å²) < 4.78 is 1.07. The van der Waals surface area contributed by atoms with Gasteiger partial charge in [-0.25, -0.2) is 9.97 Å². The summed E-state index contributed by atoms with van der Waals surface area (Å²) in [7, 11) is 0. The molecule has 0 bridgehead atoms. The first-order valence-corrected chi connectivity index (χ1v) is 7.79. The normalized spacial score (nSPS) is 10.5. The third-order valence-corrected chi connectivity index (χ3v) is 4.08. The summed E-state index contributed by atoms with van der Waals surface area (Å²) in [6.07, 6.45) is 1.84. The van der Waals surface area contributed by atoms with Crippen LogP contribution in [0.1, 0.15) is 5.56 Å². The zero-order valence-electron chi connectivity index (χ0n) is 10.8. The second-order valence-corrected chi connectivity index (χ2v) is 6.16. The number of nitrogens with one attached hydrogen (secondary N) is 1. The Morgan fingerprint density at radius 2 is 1.90 bits per heavy atom. The highest BCUT2D eigenvalue weighted by atomic mass is 79.9. The molecule has 0 radical (unpaired) electrons. The molecule has 2 heterocycles. The van der Waals surface area contributed by atoms with E-state index in [-0.39, 0.29) is 0 Å². The molecule has 0 aliphatic heterocycles. The fourth-order valence-corrected chi connectivity index (χ4v) is 2.73. The molecule has 1 N–H and O–H groups in total. The first kappa shape index (κ1) is 13.3. The number of thiazole rings is 1. The summed E-state index contributed by atoms with van der Waals surface area (Å²) >= 11 is 5.01. The fraction of sp³-hybridized carbons (Fsp3) is 0.0667. The van der Waals surface area contributed by atoms with Gasteiger partial charge in [0.05, 0.1) is 5.69 Å². The standard InChI is InChI=1S/C15H12BrN3S/c1-10-2-7-14(17-8-10)19-15-18-13(9-20-15)11-3-5-12(16)6-4-11/h2-9H,1H3,(H,17,18,19). The lowest BCUT2D eigenvalue weighted by Gasteiger charge is -2.01. The average Bonchev–Trinajstić information content (AvgIpc) is 2.91. The van der Waals surface area contributed by atoms with Crippen molar-refractivity contribution in [3.8, 4) is 11.3 Å². The maximum absolute atomic E-state index is 4.58. The lowest BCUT2D eigenvalue weighted by atomic mass is 10.2. The third kappa shape index (κ3) is 3.05. The van der Waals surface area contributed by atoms with Crippen LogP contribution in [0.25, 0.3) is 11.3 Å². The Bertz CT molecular complexity index is 705. The number of aromatic nitrogens is 2. The van der Waals surface area contributed by atoms with Crippen molar-refractivity contribution in [3.63, 3.8) is 0 Å². The van der Waals surface area contributed by atoms with Crippen molar-refractivity contribution in [2.45, 2.75) is 6.92 Å². The molecule has 20 heavy (non-hydrogen) atoms. The Kier molecular flexibility index (Phi) is 3.80. The van der Waals surface area contributed by atoms with Crippen molar-refractivity contribution in [2.24, 2.45) is 0 Å². The fourth-order valence-electron chi connectivity index (χ4n) is 1.74. The van der Waals surface area contributed by atoms with Crippen molar-refractivity contribution in [1.82, 2.24) is 9.97 Å². The number of benzene rings is 1. The molecule has 0 amide bonds. The summed E-state index contributed by atoms with van der Waals surface area (Å²) in [4.78, 5) is 8.90. The Balaban J connectivity index is 1.80. The first-order chi connectivity index (χ1) is 9.70. The molecule has 0 unspecified atom stereocenters. The Morgan fingerprint density at radius 1 is 1.10 bits per heavy atom. The third-order valence-electron chi connectivity index (χ3n) is 2.79. The number of anilines is 2. The highest BCUT2D eigenvalue weighted by Gasteiger charge is 2.05. The zero-order valence-corrected chi connectivity index (χ0v) is 13.2. The smallest absolute Gasteiger partial charge is 0.188 e. The van der Waals surface area contributed by atoms with E-state index in [0.29, 0.717) is 0 Å². The van der Waals surface area contributed by atoms with E-state index in [0.717, 1.165) is 32.2 Å². The molecular weight excluding hydrogens is 334 g/mol. The van der Waals surface area contributed by atoms with E-state index in [4.69, 9.17) is 0 Å². The van der Waals surface area contributed by atoms with Crippen LogP contribution in [0.15, 0.2) is 52.4 Å². The molecule has 3 nitrogen and oxygen atoms in total. The van der Waals surface area contributed by atoms with Crippen molar-refractivity contribution in [3.05, 3.63) is 58.0 Å². The maximum atomic E-state index is 4.58. The average molecular weight is 346 g/mol. The first-order valence-electron chi connectivity index (χ1n) is 6.12. The van der Waals surface area contributed by atoms with Crippen molar-refractivity contribution in [1.29, 1.82) is 0 Å². The minimum atomic E-state index is 0.812. The monoisotopic (exact) mass is 345 g/mol. The van der Waals surface area contributed by atoms with Gasteiger partial charge in [0, 0.05) is 21.6 Å². The highest BCUT2D eigenvalue weighted by Crippen LogP contribution is 2.27. The topological polar surface area (TPSA) is 37.8 Å². The molecular formula is C15H12BrN3S. The lowest BCUT2D eigenvalue weighted by Crippen LogP contribution is -1.92. The molecule has 0 saturated carbocycles. The largest absolute Gasteiger partial charge is 0.316 e. The van der Waals surface area contributed by atoms with E-state index in [9.17, 15) is 0 Å². The predicted molar refractivity (Wildman–Crippen MR) is 87.5 cm³/mol. The summed E-state index contributed by atoms with van der Waals surface area (Å²) in [6, 6.07) is 12.1. The van der Waals surface area contributed by atoms with Gasteiger partial charge in [-0.05, 0) is 30.7 Å². The number of nitrogens with zero attached hydrogens (tertiary/aromatic N) is 2. The molecule has 0 saturated heterocycles. The molecule has 5 heteroatoms. The molecule has 3 aromatic rings. The van der Waals surface area contributed by atoms with Gasteiger partial charge in [0.15, 0.2) is 5.13 Å². The van der Waals surface area contributed by atoms with Gasteiger partial charge in [-0.3, -0.25) is 0 Å². The summed E-state index contributed by atoms with van der Waals surface area (Å²) in [5.41, 5.74) is 3.22. The van der Waals surface area contributed by atoms with E-state index in [2.05, 4.69) is 31.2 Å². The molecule has 0 atom stereocenters. The van der Waals surface area contributed by atoms with Gasteiger partial charge >= 0.3 is 0 Å². The number of pyridine rings is 1. The van der Waals surface area contributed by atoms with Gasteiger partial charge in [-0.1, -0.05) is 34.1 Å². The van der Waals surface area contributed by atoms with Crippen molar-refractivity contribution in [2.75, 3.05) is 5.32 Å². The summed E-state index contributed by atoms with van der Waals surface area (Å²) in [6.45, 7) is 2.02. The van der Waals surface area contributed by atoms with Crippen molar-refractivity contribution < 1.29 is 0 Å². The van der Waals surface area contributed by atoms with Crippen LogP contribution in [0, 0.1) is 6.92 Å². The predicted octanol–water partition coefficient (Wildman–Crippen LogP) is 5.02. The van der Waals surface area contributed by atoms with Crippen LogP contribution < -0.4 is 5.32 Å². The molecule has 100 valence electrons. The van der Waals surface area contributed by atoms with Gasteiger partial charge < -0.3 is 5.32 Å². The minimum absolute atomic E-state index is 0.812. The minimum Gasteiger partial charge on any atom is -0.316 e. The Morgan fingerprint density at radius 3 is 2.60 bits per heavy atom. The SMILES string of the molecule is Cc1ccc(Nc2nc(-c3ccc(Br)cc3)cs2)nc1. The quantitative estimate of drug-likeness (QED) is 0.724. The molecule has 0 aliphatic rings. The molecule has 3 rings (SSSR count). The number of hydrogen-bond donors (Lipinski definition) is 1. The van der Waals surface area contributed by atoms with Crippen LogP contribution in [0.4, 0.5) is 10.9 Å². The number of aryl methyl sites for hydroxylation is 1. The molecule has 0 aliphatic carbocycles. The Labute approximate surface area is 129 Å². The number of rotatable bonds is 3. The molecule has 1 aromatic carbocycles.